The molecule has 1 saturated heterocycles. The first kappa shape index (κ1) is 24.7. The van der Waals surface area contributed by atoms with Crippen LogP contribution in [0, 0.1) is 5.41 Å². The Morgan fingerprint density at radius 2 is 1.88 bits per heavy atom. The lowest BCUT2D eigenvalue weighted by Gasteiger charge is -2.39. The number of morpholine rings is 1. The average molecular weight is 487 g/mol. The minimum absolute atomic E-state index is 0.0390. The first-order chi connectivity index (χ1) is 15.9. The van der Waals surface area contributed by atoms with Crippen LogP contribution in [0.3, 0.4) is 0 Å². The zero-order chi connectivity index (χ0) is 24.7. The van der Waals surface area contributed by atoms with E-state index in [9.17, 15) is 18.3 Å². The molecule has 0 saturated carbocycles. The van der Waals surface area contributed by atoms with Gasteiger partial charge in [-0.15, -0.1) is 0 Å². The predicted molar refractivity (Wildman–Crippen MR) is 132 cm³/mol. The van der Waals surface area contributed by atoms with Gasteiger partial charge in [-0.05, 0) is 67.0 Å². The second kappa shape index (κ2) is 8.98. The highest BCUT2D eigenvalue weighted by molar-refractivity contribution is 7.89. The largest absolute Gasteiger partial charge is 0.481 e. The number of nitrogens with zero attached hydrogens (tertiary/aromatic N) is 1. The number of hydrogen-bond donors (Lipinski definition) is 2. The topological polar surface area (TPSA) is 95.9 Å². The first-order valence-electron chi connectivity index (χ1n) is 11.7. The second-order valence-electron chi connectivity index (χ2n) is 10.6. The fourth-order valence-electron chi connectivity index (χ4n) is 4.87. The van der Waals surface area contributed by atoms with Gasteiger partial charge in [-0.3, -0.25) is 4.79 Å². The molecule has 2 aromatic carbocycles. The predicted octanol–water partition coefficient (Wildman–Crippen LogP) is 4.20. The summed E-state index contributed by atoms with van der Waals surface area (Å²) in [6, 6.07) is 13.5. The zero-order valence-corrected chi connectivity index (χ0v) is 21.1. The molecule has 1 unspecified atom stereocenters. The van der Waals surface area contributed by atoms with Crippen LogP contribution in [-0.4, -0.2) is 50.1 Å². The number of ether oxygens (including phenoxy) is 1. The van der Waals surface area contributed by atoms with Gasteiger partial charge in [0.25, 0.3) is 0 Å². The molecule has 0 spiro atoms. The summed E-state index contributed by atoms with van der Waals surface area (Å²) in [4.78, 5) is 11.9. The van der Waals surface area contributed by atoms with Gasteiger partial charge in [0.05, 0.1) is 29.6 Å². The lowest BCUT2D eigenvalue weighted by atomic mass is 9.74. The van der Waals surface area contributed by atoms with Gasteiger partial charge >= 0.3 is 5.97 Å². The Morgan fingerprint density at radius 1 is 1.18 bits per heavy atom. The molecule has 0 aromatic heterocycles. The Labute approximate surface area is 202 Å². The molecule has 7 nitrogen and oxygen atoms in total. The summed E-state index contributed by atoms with van der Waals surface area (Å²) in [5.74, 6) is -0.813. The smallest absolute Gasteiger partial charge is 0.309 e. The Balaban J connectivity index is 1.61. The van der Waals surface area contributed by atoms with Gasteiger partial charge < -0.3 is 15.2 Å². The second-order valence-corrected chi connectivity index (χ2v) is 12.6. The van der Waals surface area contributed by atoms with Gasteiger partial charge in [0.15, 0.2) is 0 Å². The van der Waals surface area contributed by atoms with Gasteiger partial charge in [0.1, 0.15) is 0 Å². The maximum atomic E-state index is 13.2. The SMILES string of the molecule is CC(C)(Cc1cccc(C2CC(C)(C)c3cc(S(=O)(=O)N4CCOCC4)ccc3N2)c1)C(=O)O. The minimum atomic E-state index is -3.56. The average Bonchev–Trinajstić information content (AvgIpc) is 2.78. The molecule has 0 bridgehead atoms. The first-order valence-corrected chi connectivity index (χ1v) is 13.2. The van der Waals surface area contributed by atoms with E-state index in [0.29, 0.717) is 37.6 Å². The van der Waals surface area contributed by atoms with E-state index in [0.717, 1.165) is 28.8 Å². The molecule has 1 fully saturated rings. The molecule has 4 rings (SSSR count). The van der Waals surface area contributed by atoms with Gasteiger partial charge in [0.2, 0.25) is 10.0 Å². The van der Waals surface area contributed by atoms with Crippen LogP contribution in [0.5, 0.6) is 0 Å². The molecular weight excluding hydrogens is 452 g/mol. The van der Waals surface area contributed by atoms with Crippen LogP contribution in [-0.2, 0) is 31.4 Å². The minimum Gasteiger partial charge on any atom is -0.481 e. The van der Waals surface area contributed by atoms with Gasteiger partial charge in [-0.1, -0.05) is 38.1 Å². The van der Waals surface area contributed by atoms with Crippen molar-refractivity contribution in [1.82, 2.24) is 4.31 Å². The van der Waals surface area contributed by atoms with E-state index in [1.54, 1.807) is 19.9 Å². The van der Waals surface area contributed by atoms with Crippen LogP contribution in [0.1, 0.15) is 56.8 Å². The Morgan fingerprint density at radius 3 is 2.56 bits per heavy atom. The molecule has 8 heteroatoms. The van der Waals surface area contributed by atoms with Crippen LogP contribution in [0.4, 0.5) is 5.69 Å². The molecule has 34 heavy (non-hydrogen) atoms. The normalized spacial score (nSPS) is 20.9. The molecule has 2 aliphatic rings. The number of carboxylic acid groups (broad SMARTS) is 1. The number of nitrogens with one attached hydrogen (secondary N) is 1. The van der Waals surface area contributed by atoms with Crippen molar-refractivity contribution in [3.05, 3.63) is 59.2 Å². The van der Waals surface area contributed by atoms with E-state index in [-0.39, 0.29) is 11.5 Å². The monoisotopic (exact) mass is 486 g/mol. The van der Waals surface area contributed by atoms with Crippen molar-refractivity contribution in [1.29, 1.82) is 0 Å². The van der Waals surface area contributed by atoms with Crippen molar-refractivity contribution in [2.45, 2.75) is 56.9 Å². The molecule has 0 amide bonds. The lowest BCUT2D eigenvalue weighted by Crippen LogP contribution is -2.40. The highest BCUT2D eigenvalue weighted by Crippen LogP contribution is 2.45. The summed E-state index contributed by atoms with van der Waals surface area (Å²) in [5, 5.41) is 13.1. The van der Waals surface area contributed by atoms with Gasteiger partial charge in [-0.2, -0.15) is 4.31 Å². The number of sulfonamides is 1. The standard InChI is InChI=1S/C26H34N2O5S/c1-25(2)17-23(19-7-5-6-18(14-19)16-26(3,4)24(29)30)27-22-9-8-20(15-21(22)25)34(31,32)28-10-12-33-13-11-28/h5-9,14-15,23,27H,10-13,16-17H2,1-4H3,(H,29,30). The van der Waals surface area contributed by atoms with Crippen molar-refractivity contribution in [3.8, 4) is 0 Å². The molecule has 184 valence electrons. The van der Waals surface area contributed by atoms with Crippen molar-refractivity contribution >= 4 is 21.7 Å². The van der Waals surface area contributed by atoms with Crippen LogP contribution in [0.25, 0.3) is 0 Å². The zero-order valence-electron chi connectivity index (χ0n) is 20.3. The molecule has 0 radical (unpaired) electrons. The van der Waals surface area contributed by atoms with Crippen LogP contribution >= 0.6 is 0 Å². The number of rotatable bonds is 6. The summed E-state index contributed by atoms with van der Waals surface area (Å²) in [7, 11) is -3.56. The van der Waals surface area contributed by atoms with Crippen molar-refractivity contribution in [3.63, 3.8) is 0 Å². The lowest BCUT2D eigenvalue weighted by molar-refractivity contribution is -0.146. The Bertz CT molecular complexity index is 1180. The number of carbonyl (C=O) groups is 1. The molecule has 0 aliphatic carbocycles. The van der Waals surface area contributed by atoms with Crippen molar-refractivity contribution in [2.75, 3.05) is 31.6 Å². The maximum absolute atomic E-state index is 13.2. The summed E-state index contributed by atoms with van der Waals surface area (Å²) in [6.45, 7) is 9.34. The maximum Gasteiger partial charge on any atom is 0.309 e. The highest BCUT2D eigenvalue weighted by Gasteiger charge is 2.36. The van der Waals surface area contributed by atoms with Crippen LogP contribution in [0.15, 0.2) is 47.4 Å². The fourth-order valence-corrected chi connectivity index (χ4v) is 6.31. The molecule has 2 aromatic rings. The van der Waals surface area contributed by atoms with Crippen molar-refractivity contribution < 1.29 is 23.1 Å². The third kappa shape index (κ3) is 4.85. The number of anilines is 1. The Kier molecular flexibility index (Phi) is 6.52. The van der Waals surface area contributed by atoms with E-state index in [1.807, 2.05) is 24.3 Å². The van der Waals surface area contributed by atoms with E-state index >= 15 is 0 Å². The summed E-state index contributed by atoms with van der Waals surface area (Å²) in [6.07, 6.45) is 1.23. The molecule has 2 aliphatic heterocycles. The van der Waals surface area contributed by atoms with E-state index in [2.05, 4.69) is 31.3 Å². The van der Waals surface area contributed by atoms with Gasteiger partial charge in [-0.25, -0.2) is 8.42 Å². The van der Waals surface area contributed by atoms with Gasteiger partial charge in [0, 0.05) is 18.8 Å². The van der Waals surface area contributed by atoms with E-state index < -0.39 is 21.4 Å². The highest BCUT2D eigenvalue weighted by atomic mass is 32.2. The number of fused-ring (bicyclic) bond motifs is 1. The van der Waals surface area contributed by atoms with E-state index in [4.69, 9.17) is 4.74 Å². The Hall–Kier alpha value is -2.42. The van der Waals surface area contributed by atoms with Crippen LogP contribution < -0.4 is 5.32 Å². The number of benzene rings is 2. The van der Waals surface area contributed by atoms with Crippen molar-refractivity contribution in [2.24, 2.45) is 5.41 Å². The molecular formula is C26H34N2O5S. The molecule has 1 atom stereocenters. The summed E-state index contributed by atoms with van der Waals surface area (Å²) >= 11 is 0. The van der Waals surface area contributed by atoms with E-state index in [1.165, 1.54) is 4.31 Å². The number of carboxylic acids is 1. The molecule has 2 N–H and O–H groups in total. The molecule has 2 heterocycles. The summed E-state index contributed by atoms with van der Waals surface area (Å²) in [5.41, 5.74) is 2.91. The van der Waals surface area contributed by atoms with Crippen LogP contribution in [0.2, 0.25) is 0 Å². The summed E-state index contributed by atoms with van der Waals surface area (Å²) < 4.78 is 33.2. The number of hydrogen-bond acceptors (Lipinski definition) is 5. The number of aliphatic carboxylic acids is 1. The quantitative estimate of drug-likeness (QED) is 0.636. The third-order valence-electron chi connectivity index (χ3n) is 6.95. The third-order valence-corrected chi connectivity index (χ3v) is 8.85. The fraction of sp³-hybridized carbons (Fsp3) is 0.500.